The molecule has 6 nitrogen and oxygen atoms in total. The molecule has 0 N–H and O–H groups in total. The Hall–Kier alpha value is -3.15. The molecule has 0 heterocycles. The first-order chi connectivity index (χ1) is 32.5. The Labute approximate surface area is 408 Å². The summed E-state index contributed by atoms with van der Waals surface area (Å²) < 4.78 is 16.8. The first-order valence-corrected chi connectivity index (χ1v) is 28.0. The van der Waals surface area contributed by atoms with Crippen molar-refractivity contribution in [1.29, 1.82) is 0 Å². The van der Waals surface area contributed by atoms with Crippen LogP contribution < -0.4 is 0 Å². The van der Waals surface area contributed by atoms with Crippen LogP contribution >= 0.6 is 0 Å². The molecule has 0 spiro atoms. The maximum Gasteiger partial charge on any atom is 0.306 e. The molecule has 380 valence electrons. The van der Waals surface area contributed by atoms with Gasteiger partial charge in [0.1, 0.15) is 13.2 Å². The fourth-order valence-corrected chi connectivity index (χ4v) is 7.80. The lowest BCUT2D eigenvalue weighted by atomic mass is 10.1. The maximum atomic E-state index is 12.8. The number of allylic oxidation sites excluding steroid dienone is 12. The average molecular weight is 921 g/mol. The van der Waals surface area contributed by atoms with Crippen LogP contribution in [0.5, 0.6) is 0 Å². The summed E-state index contributed by atoms with van der Waals surface area (Å²) in [7, 11) is 0. The van der Waals surface area contributed by atoms with Gasteiger partial charge in [-0.3, -0.25) is 14.4 Å². The molecule has 0 aromatic rings. The van der Waals surface area contributed by atoms with Gasteiger partial charge in [0.05, 0.1) is 0 Å². The smallest absolute Gasteiger partial charge is 0.306 e. The predicted molar refractivity (Wildman–Crippen MR) is 284 cm³/mol. The van der Waals surface area contributed by atoms with E-state index in [0.29, 0.717) is 19.3 Å². The quantitative estimate of drug-likeness (QED) is 0.0199. The number of rotatable bonds is 50. The Morgan fingerprint density at radius 1 is 0.318 bits per heavy atom. The van der Waals surface area contributed by atoms with Gasteiger partial charge in [-0.25, -0.2) is 0 Å². The van der Waals surface area contributed by atoms with Gasteiger partial charge in [-0.15, -0.1) is 0 Å². The molecule has 0 bridgehead atoms. The van der Waals surface area contributed by atoms with Gasteiger partial charge in [-0.1, -0.05) is 235 Å². The van der Waals surface area contributed by atoms with Gasteiger partial charge in [0.2, 0.25) is 0 Å². The Balaban J connectivity index is 4.41. The molecule has 0 aliphatic heterocycles. The molecule has 6 heteroatoms. The molecule has 0 aliphatic rings. The van der Waals surface area contributed by atoms with E-state index >= 15 is 0 Å². The summed E-state index contributed by atoms with van der Waals surface area (Å²) in [6, 6.07) is 0. The van der Waals surface area contributed by atoms with Gasteiger partial charge in [-0.05, 0) is 89.9 Å². The summed E-state index contributed by atoms with van der Waals surface area (Å²) in [5, 5.41) is 0. The van der Waals surface area contributed by atoms with Gasteiger partial charge in [0.25, 0.3) is 0 Å². The molecule has 0 aromatic heterocycles. The number of ether oxygens (including phenoxy) is 3. The summed E-state index contributed by atoms with van der Waals surface area (Å²) in [5.41, 5.74) is 0. The molecule has 0 aliphatic carbocycles. The Morgan fingerprint density at radius 3 is 0.985 bits per heavy atom. The van der Waals surface area contributed by atoms with Crippen molar-refractivity contribution in [1.82, 2.24) is 0 Å². The summed E-state index contributed by atoms with van der Waals surface area (Å²) in [6.45, 7) is 6.47. The molecule has 0 radical (unpaired) electrons. The van der Waals surface area contributed by atoms with E-state index in [2.05, 4.69) is 63.3 Å². The monoisotopic (exact) mass is 921 g/mol. The molecular formula is C60H104O6. The van der Waals surface area contributed by atoms with Crippen molar-refractivity contribution in [2.24, 2.45) is 0 Å². The molecule has 0 saturated carbocycles. The van der Waals surface area contributed by atoms with Crippen LogP contribution in [-0.4, -0.2) is 37.2 Å². The summed E-state index contributed by atoms with van der Waals surface area (Å²) in [5.74, 6) is -0.940. The van der Waals surface area contributed by atoms with Crippen LogP contribution in [0.15, 0.2) is 72.9 Å². The van der Waals surface area contributed by atoms with Crippen molar-refractivity contribution in [2.45, 2.75) is 277 Å². The van der Waals surface area contributed by atoms with Crippen LogP contribution in [0.2, 0.25) is 0 Å². The zero-order chi connectivity index (χ0) is 47.9. The van der Waals surface area contributed by atoms with Crippen molar-refractivity contribution in [3.8, 4) is 0 Å². The highest BCUT2D eigenvalue weighted by Gasteiger charge is 2.19. The van der Waals surface area contributed by atoms with Crippen LogP contribution in [-0.2, 0) is 28.6 Å². The largest absolute Gasteiger partial charge is 0.462 e. The topological polar surface area (TPSA) is 78.9 Å². The summed E-state index contributed by atoms with van der Waals surface area (Å²) >= 11 is 0. The lowest BCUT2D eigenvalue weighted by Crippen LogP contribution is -2.30. The van der Waals surface area contributed by atoms with E-state index in [0.717, 1.165) is 83.5 Å². The highest BCUT2D eigenvalue weighted by atomic mass is 16.6. The van der Waals surface area contributed by atoms with Gasteiger partial charge in [-0.2, -0.15) is 0 Å². The standard InChI is InChI=1S/C60H104O6/c1-4-7-10-13-16-19-22-25-27-29-30-31-33-35-38-41-44-47-50-53-59(62)65-56-57(55-64-58(61)52-49-46-43-40-37-34-24-21-18-15-12-9-6-3)66-60(63)54-51-48-45-42-39-36-32-28-26-23-20-17-14-11-8-5-2/h9,12,15,18,21,24,28-30,32,34,37,57H,4-8,10-11,13-14,16-17,19-20,22-23,25-27,31,33,35-36,38-56H2,1-3H3/b12-9-,18-15-,24-21-,30-29-,32-28-,37-34-. The van der Waals surface area contributed by atoms with Crippen LogP contribution in [0.25, 0.3) is 0 Å². The highest BCUT2D eigenvalue weighted by Crippen LogP contribution is 2.15. The van der Waals surface area contributed by atoms with E-state index in [-0.39, 0.29) is 31.1 Å². The van der Waals surface area contributed by atoms with Crippen LogP contribution in [0.4, 0.5) is 0 Å². The molecule has 0 amide bonds. The molecule has 0 aromatic carbocycles. The van der Waals surface area contributed by atoms with Crippen molar-refractivity contribution >= 4 is 17.9 Å². The number of hydrogen-bond acceptors (Lipinski definition) is 6. The third-order valence-electron chi connectivity index (χ3n) is 12.0. The van der Waals surface area contributed by atoms with E-state index in [9.17, 15) is 14.4 Å². The minimum atomic E-state index is -0.797. The van der Waals surface area contributed by atoms with Gasteiger partial charge < -0.3 is 14.2 Å². The van der Waals surface area contributed by atoms with Crippen LogP contribution in [0, 0.1) is 0 Å². The third kappa shape index (κ3) is 51.8. The number of unbranched alkanes of at least 4 members (excludes halogenated alkanes) is 30. The molecular weight excluding hydrogens is 817 g/mol. The molecule has 0 rings (SSSR count). The lowest BCUT2D eigenvalue weighted by Gasteiger charge is -2.18. The first-order valence-electron chi connectivity index (χ1n) is 28.0. The zero-order valence-corrected chi connectivity index (χ0v) is 43.4. The molecule has 0 saturated heterocycles. The minimum Gasteiger partial charge on any atom is -0.462 e. The highest BCUT2D eigenvalue weighted by molar-refractivity contribution is 5.71. The van der Waals surface area contributed by atoms with E-state index in [1.54, 1.807) is 0 Å². The normalized spacial score (nSPS) is 12.6. The Morgan fingerprint density at radius 2 is 0.606 bits per heavy atom. The minimum absolute atomic E-state index is 0.0933. The second-order valence-electron chi connectivity index (χ2n) is 18.5. The van der Waals surface area contributed by atoms with E-state index < -0.39 is 6.10 Å². The fraction of sp³-hybridized carbons (Fsp3) is 0.750. The Bertz CT molecular complexity index is 1240. The molecule has 66 heavy (non-hydrogen) atoms. The number of hydrogen-bond donors (Lipinski definition) is 0. The lowest BCUT2D eigenvalue weighted by molar-refractivity contribution is -0.167. The molecule has 0 fully saturated rings. The summed E-state index contributed by atoms with van der Waals surface area (Å²) in [4.78, 5) is 38.1. The number of carbonyl (C=O) groups excluding carboxylic acids is 3. The van der Waals surface area contributed by atoms with Gasteiger partial charge in [0, 0.05) is 19.3 Å². The maximum absolute atomic E-state index is 12.8. The summed E-state index contributed by atoms with van der Waals surface area (Å²) in [6.07, 6.45) is 68.9. The van der Waals surface area contributed by atoms with Crippen molar-refractivity contribution in [3.05, 3.63) is 72.9 Å². The Kier molecular flexibility index (Phi) is 51.9. The number of carbonyl (C=O) groups is 3. The number of esters is 3. The van der Waals surface area contributed by atoms with Crippen molar-refractivity contribution < 1.29 is 28.6 Å². The van der Waals surface area contributed by atoms with Crippen molar-refractivity contribution in [2.75, 3.05) is 13.2 Å². The first kappa shape index (κ1) is 62.8. The predicted octanol–water partition coefficient (Wildman–Crippen LogP) is 18.6. The second-order valence-corrected chi connectivity index (χ2v) is 18.5. The SMILES string of the molecule is CC\C=C/C=C\C=C/C=C\CCCCCC(=O)OCC(COC(=O)CCCCCCCCC/C=C\CCCCCCCCCC)OC(=O)CCCCCCC/C=C\CCCCCCCCC. The fourth-order valence-electron chi connectivity index (χ4n) is 7.80. The molecule has 1 unspecified atom stereocenters. The zero-order valence-electron chi connectivity index (χ0n) is 43.4. The van der Waals surface area contributed by atoms with Gasteiger partial charge in [0.15, 0.2) is 6.10 Å². The van der Waals surface area contributed by atoms with Crippen LogP contribution in [0.3, 0.4) is 0 Å². The van der Waals surface area contributed by atoms with E-state index in [4.69, 9.17) is 14.2 Å². The molecule has 1 atom stereocenters. The van der Waals surface area contributed by atoms with Gasteiger partial charge >= 0.3 is 17.9 Å². The average Bonchev–Trinajstić information content (AvgIpc) is 3.31. The second kappa shape index (κ2) is 54.5. The third-order valence-corrected chi connectivity index (χ3v) is 12.0. The van der Waals surface area contributed by atoms with Crippen LogP contribution in [0.1, 0.15) is 271 Å². The van der Waals surface area contributed by atoms with E-state index in [1.807, 2.05) is 30.4 Å². The van der Waals surface area contributed by atoms with E-state index in [1.165, 1.54) is 148 Å². The van der Waals surface area contributed by atoms with Crippen molar-refractivity contribution in [3.63, 3.8) is 0 Å².